The molecule has 0 aliphatic heterocycles. The molecule has 116 valence electrons. The van der Waals surface area contributed by atoms with Crippen molar-refractivity contribution < 1.29 is 9.59 Å². The molecule has 0 spiro atoms. The Labute approximate surface area is 126 Å². The molecule has 0 radical (unpaired) electrons. The lowest BCUT2D eigenvalue weighted by Gasteiger charge is -2.19. The van der Waals surface area contributed by atoms with E-state index in [1.54, 1.807) is 17.0 Å². The Bertz CT molecular complexity index is 467. The molecule has 0 saturated heterocycles. The van der Waals surface area contributed by atoms with Gasteiger partial charge in [0.05, 0.1) is 6.54 Å². The smallest absolute Gasteiger partial charge is 0.251 e. The van der Waals surface area contributed by atoms with Gasteiger partial charge in [-0.15, -0.1) is 0 Å². The van der Waals surface area contributed by atoms with Crippen molar-refractivity contribution in [1.29, 1.82) is 0 Å². The predicted molar refractivity (Wildman–Crippen MR) is 85.6 cm³/mol. The van der Waals surface area contributed by atoms with E-state index in [1.165, 1.54) is 0 Å². The molecule has 21 heavy (non-hydrogen) atoms. The van der Waals surface area contributed by atoms with Gasteiger partial charge in [-0.05, 0) is 45.0 Å². The van der Waals surface area contributed by atoms with Gasteiger partial charge in [0.15, 0.2) is 0 Å². The van der Waals surface area contributed by atoms with Crippen LogP contribution in [-0.2, 0) is 4.79 Å². The third-order valence-electron chi connectivity index (χ3n) is 3.56. The summed E-state index contributed by atoms with van der Waals surface area (Å²) in [6, 6.07) is 7.37. The van der Waals surface area contributed by atoms with Crippen LogP contribution in [0.2, 0.25) is 0 Å². The van der Waals surface area contributed by atoms with Gasteiger partial charge in [-0.1, -0.05) is 0 Å². The molecule has 5 nitrogen and oxygen atoms in total. The monoisotopic (exact) mass is 291 g/mol. The zero-order valence-corrected chi connectivity index (χ0v) is 13.3. The highest BCUT2D eigenvalue weighted by molar-refractivity contribution is 5.96. The first-order valence-electron chi connectivity index (χ1n) is 7.40. The highest BCUT2D eigenvalue weighted by Crippen LogP contribution is 2.13. The Morgan fingerprint density at radius 3 is 2.05 bits per heavy atom. The van der Waals surface area contributed by atoms with Crippen LogP contribution in [0.1, 0.15) is 31.1 Å². The lowest BCUT2D eigenvalue weighted by Crippen LogP contribution is -2.40. The third kappa shape index (κ3) is 4.77. The van der Waals surface area contributed by atoms with E-state index < -0.39 is 0 Å². The van der Waals surface area contributed by atoms with Gasteiger partial charge in [0.1, 0.15) is 0 Å². The van der Waals surface area contributed by atoms with Gasteiger partial charge in [0, 0.05) is 37.9 Å². The van der Waals surface area contributed by atoms with Crippen LogP contribution in [0.15, 0.2) is 24.3 Å². The number of carbonyl (C=O) groups excluding carboxylic acids is 2. The molecule has 0 aliphatic rings. The molecular weight excluding hydrogens is 266 g/mol. The maximum Gasteiger partial charge on any atom is 0.251 e. The SMILES string of the molecule is CCN(CC)C(=O)CNC(=O)c1ccc(N(C)CC)cc1. The summed E-state index contributed by atoms with van der Waals surface area (Å²) < 4.78 is 0. The summed E-state index contributed by atoms with van der Waals surface area (Å²) in [6.07, 6.45) is 0. The Morgan fingerprint density at radius 1 is 1.00 bits per heavy atom. The summed E-state index contributed by atoms with van der Waals surface area (Å²) in [5.74, 6) is -0.281. The molecule has 0 aliphatic carbocycles. The molecule has 0 heterocycles. The summed E-state index contributed by atoms with van der Waals surface area (Å²) in [5.41, 5.74) is 1.63. The molecule has 0 saturated carbocycles. The Hall–Kier alpha value is -2.04. The second-order valence-corrected chi connectivity index (χ2v) is 4.81. The van der Waals surface area contributed by atoms with E-state index in [0.29, 0.717) is 18.7 Å². The van der Waals surface area contributed by atoms with Crippen LogP contribution in [0.5, 0.6) is 0 Å². The number of likely N-dealkylation sites (N-methyl/N-ethyl adjacent to an activating group) is 1. The second kappa shape index (κ2) is 8.29. The van der Waals surface area contributed by atoms with Gasteiger partial charge in [-0.2, -0.15) is 0 Å². The minimum absolute atomic E-state index is 0.0388. The zero-order chi connectivity index (χ0) is 15.8. The molecule has 2 amide bonds. The van der Waals surface area contributed by atoms with Crippen molar-refractivity contribution >= 4 is 17.5 Å². The third-order valence-corrected chi connectivity index (χ3v) is 3.56. The summed E-state index contributed by atoms with van der Waals surface area (Å²) in [7, 11) is 2.00. The van der Waals surface area contributed by atoms with Crippen molar-refractivity contribution in [1.82, 2.24) is 10.2 Å². The number of nitrogens with one attached hydrogen (secondary N) is 1. The minimum Gasteiger partial charge on any atom is -0.375 e. The Kier molecular flexibility index (Phi) is 6.72. The first-order chi connectivity index (χ1) is 10.0. The van der Waals surface area contributed by atoms with Crippen LogP contribution in [0.25, 0.3) is 0 Å². The van der Waals surface area contributed by atoms with Gasteiger partial charge in [0.2, 0.25) is 5.91 Å². The van der Waals surface area contributed by atoms with E-state index in [9.17, 15) is 9.59 Å². The number of nitrogens with zero attached hydrogens (tertiary/aromatic N) is 2. The molecule has 0 bridgehead atoms. The van der Waals surface area contributed by atoms with Gasteiger partial charge in [0.25, 0.3) is 5.91 Å². The number of benzene rings is 1. The molecular formula is C16H25N3O2. The Balaban J connectivity index is 2.58. The first kappa shape index (κ1) is 17.0. The van der Waals surface area contributed by atoms with Crippen molar-refractivity contribution in [3.05, 3.63) is 29.8 Å². The van der Waals surface area contributed by atoms with Crippen molar-refractivity contribution in [2.45, 2.75) is 20.8 Å². The molecule has 0 unspecified atom stereocenters. The normalized spacial score (nSPS) is 10.1. The fourth-order valence-corrected chi connectivity index (χ4v) is 2.00. The molecule has 1 aromatic carbocycles. The summed E-state index contributed by atoms with van der Waals surface area (Å²) >= 11 is 0. The fraction of sp³-hybridized carbons (Fsp3) is 0.500. The number of rotatable bonds is 7. The number of anilines is 1. The van der Waals surface area contributed by atoms with Crippen LogP contribution in [-0.4, -0.2) is 49.9 Å². The standard InChI is InChI=1S/C16H25N3O2/c1-5-18(4)14-10-8-13(9-11-14)16(21)17-12-15(20)19(6-2)7-3/h8-11H,5-7,12H2,1-4H3,(H,17,21). The summed E-state index contributed by atoms with van der Waals surface area (Å²) in [4.78, 5) is 27.6. The number of hydrogen-bond donors (Lipinski definition) is 1. The quantitative estimate of drug-likeness (QED) is 0.832. The molecule has 1 rings (SSSR count). The number of amides is 2. The summed E-state index contributed by atoms with van der Waals surface area (Å²) in [6.45, 7) is 8.17. The van der Waals surface area contributed by atoms with Crippen LogP contribution in [0, 0.1) is 0 Å². The van der Waals surface area contributed by atoms with Crippen molar-refractivity contribution in [2.75, 3.05) is 38.1 Å². The first-order valence-corrected chi connectivity index (χ1v) is 7.40. The maximum absolute atomic E-state index is 12.0. The lowest BCUT2D eigenvalue weighted by atomic mass is 10.2. The average molecular weight is 291 g/mol. The maximum atomic E-state index is 12.0. The minimum atomic E-state index is -0.221. The lowest BCUT2D eigenvalue weighted by molar-refractivity contribution is -0.129. The van der Waals surface area contributed by atoms with E-state index >= 15 is 0 Å². The topological polar surface area (TPSA) is 52.7 Å². The number of hydrogen-bond acceptors (Lipinski definition) is 3. The second-order valence-electron chi connectivity index (χ2n) is 4.81. The molecule has 0 atom stereocenters. The van der Waals surface area contributed by atoms with E-state index in [0.717, 1.165) is 12.2 Å². The molecule has 1 aromatic rings. The van der Waals surface area contributed by atoms with Gasteiger partial charge < -0.3 is 15.1 Å². The molecule has 0 aromatic heterocycles. The van der Waals surface area contributed by atoms with Gasteiger partial charge in [-0.25, -0.2) is 0 Å². The largest absolute Gasteiger partial charge is 0.375 e. The van der Waals surface area contributed by atoms with Crippen LogP contribution in [0.4, 0.5) is 5.69 Å². The Morgan fingerprint density at radius 2 is 1.57 bits per heavy atom. The summed E-state index contributed by atoms with van der Waals surface area (Å²) in [5, 5.41) is 2.67. The molecule has 0 fully saturated rings. The van der Waals surface area contributed by atoms with E-state index in [4.69, 9.17) is 0 Å². The van der Waals surface area contributed by atoms with Crippen LogP contribution in [0.3, 0.4) is 0 Å². The van der Waals surface area contributed by atoms with Crippen LogP contribution < -0.4 is 10.2 Å². The molecule has 1 N–H and O–H groups in total. The van der Waals surface area contributed by atoms with E-state index in [-0.39, 0.29) is 18.4 Å². The highest BCUT2D eigenvalue weighted by atomic mass is 16.2. The predicted octanol–water partition coefficient (Wildman–Crippen LogP) is 1.74. The highest BCUT2D eigenvalue weighted by Gasteiger charge is 2.12. The van der Waals surface area contributed by atoms with Gasteiger partial charge >= 0.3 is 0 Å². The fourth-order valence-electron chi connectivity index (χ4n) is 2.00. The van der Waals surface area contributed by atoms with Crippen molar-refractivity contribution in [2.24, 2.45) is 0 Å². The van der Waals surface area contributed by atoms with Crippen LogP contribution >= 0.6 is 0 Å². The van der Waals surface area contributed by atoms with E-state index in [2.05, 4.69) is 17.1 Å². The van der Waals surface area contributed by atoms with Crippen molar-refractivity contribution in [3.63, 3.8) is 0 Å². The molecule has 5 heteroatoms. The zero-order valence-electron chi connectivity index (χ0n) is 13.3. The number of carbonyl (C=O) groups is 2. The van der Waals surface area contributed by atoms with Gasteiger partial charge in [-0.3, -0.25) is 9.59 Å². The average Bonchev–Trinajstić information content (AvgIpc) is 2.53. The van der Waals surface area contributed by atoms with Crippen molar-refractivity contribution in [3.8, 4) is 0 Å². The van der Waals surface area contributed by atoms with E-state index in [1.807, 2.05) is 33.0 Å².